The second-order valence-corrected chi connectivity index (χ2v) is 14.6. The van der Waals surface area contributed by atoms with Gasteiger partial charge in [0.15, 0.2) is 17.5 Å². The molecule has 0 aliphatic rings. The first-order chi connectivity index (χ1) is 28.4. The van der Waals surface area contributed by atoms with Crippen LogP contribution in [0.4, 0.5) is 0 Å². The number of aryl methyl sites for hydroxylation is 4. The van der Waals surface area contributed by atoms with Crippen LogP contribution in [0.5, 0.6) is 0 Å². The van der Waals surface area contributed by atoms with Crippen LogP contribution in [0.15, 0.2) is 176 Å². The van der Waals surface area contributed by atoms with Crippen LogP contribution >= 0.6 is 0 Å². The highest BCUT2D eigenvalue weighted by atomic mass is 15.0. The second-order valence-electron chi connectivity index (χ2n) is 14.6. The Morgan fingerprint density at radius 2 is 0.638 bits per heavy atom. The van der Waals surface area contributed by atoms with E-state index in [1.807, 2.05) is 74.5 Å². The van der Waals surface area contributed by atoms with Crippen molar-refractivity contribution >= 4 is 0 Å². The molecule has 0 bridgehead atoms. The SMILES string of the molecule is Cc1ccc(-c2cccc(-c3ccc(C)nc3C)c2-c2cc(-c3nc(-c4ccccc4)nc(-c4ccccc4)n3)cc(-c3ccccc3-c3ccccc3)c2)c(C)n1. The first-order valence-corrected chi connectivity index (χ1v) is 19.6. The maximum Gasteiger partial charge on any atom is 0.164 e. The number of benzene rings is 6. The molecule has 0 aliphatic carbocycles. The van der Waals surface area contributed by atoms with Gasteiger partial charge in [0.1, 0.15) is 0 Å². The zero-order chi connectivity index (χ0) is 39.6. The maximum atomic E-state index is 5.22. The van der Waals surface area contributed by atoms with Crippen LogP contribution in [0.25, 0.3) is 89.8 Å². The third kappa shape index (κ3) is 7.22. The van der Waals surface area contributed by atoms with E-state index in [2.05, 4.69) is 129 Å². The Labute approximate surface area is 339 Å². The molecule has 0 spiro atoms. The largest absolute Gasteiger partial charge is 0.258 e. The molecule has 5 nitrogen and oxygen atoms in total. The van der Waals surface area contributed by atoms with Gasteiger partial charge in [-0.05, 0) is 103 Å². The molecule has 5 heteroatoms. The summed E-state index contributed by atoms with van der Waals surface area (Å²) in [4.78, 5) is 25.3. The van der Waals surface area contributed by atoms with Crippen molar-refractivity contribution in [1.82, 2.24) is 24.9 Å². The third-order valence-corrected chi connectivity index (χ3v) is 10.6. The summed E-state index contributed by atoms with van der Waals surface area (Å²) in [5.41, 5.74) is 17.5. The lowest BCUT2D eigenvalue weighted by molar-refractivity contribution is 1.07. The summed E-state index contributed by atoms with van der Waals surface area (Å²) in [6.45, 7) is 8.27. The van der Waals surface area contributed by atoms with E-state index in [1.165, 1.54) is 0 Å². The molecule has 278 valence electrons. The van der Waals surface area contributed by atoms with Crippen molar-refractivity contribution < 1.29 is 0 Å². The Kier molecular flexibility index (Phi) is 9.78. The third-order valence-electron chi connectivity index (χ3n) is 10.6. The van der Waals surface area contributed by atoms with Crippen molar-refractivity contribution in [1.29, 1.82) is 0 Å². The highest BCUT2D eigenvalue weighted by Gasteiger charge is 2.21. The molecule has 9 aromatic rings. The van der Waals surface area contributed by atoms with Crippen LogP contribution in [0.1, 0.15) is 22.8 Å². The zero-order valence-electron chi connectivity index (χ0n) is 33.0. The summed E-state index contributed by atoms with van der Waals surface area (Å²) in [5.74, 6) is 1.82. The summed E-state index contributed by atoms with van der Waals surface area (Å²) in [5, 5.41) is 0. The van der Waals surface area contributed by atoms with Crippen LogP contribution in [-0.2, 0) is 0 Å². The van der Waals surface area contributed by atoms with E-state index in [4.69, 9.17) is 24.9 Å². The topological polar surface area (TPSA) is 64.5 Å². The normalized spacial score (nSPS) is 11.1. The highest BCUT2D eigenvalue weighted by molar-refractivity contribution is 5.98. The summed E-state index contributed by atoms with van der Waals surface area (Å²) in [7, 11) is 0. The number of hydrogen-bond acceptors (Lipinski definition) is 5. The Morgan fingerprint density at radius 3 is 1.12 bits per heavy atom. The predicted molar refractivity (Wildman–Crippen MR) is 238 cm³/mol. The lowest BCUT2D eigenvalue weighted by Gasteiger charge is -2.20. The highest BCUT2D eigenvalue weighted by Crippen LogP contribution is 2.45. The Balaban J connectivity index is 1.38. The predicted octanol–water partition coefficient (Wildman–Crippen LogP) is 13.2. The molecule has 3 aromatic heterocycles. The molecular weight excluding hydrogens is 707 g/mol. The standard InChI is InChI=1S/C53H41N5/c1-34-27-29-44(36(3)54-34)48-25-16-26-49(45-30-28-35(2)55-37(45)4)50(48)42-31-41(47-24-15-14-23-46(47)38-17-8-5-9-18-38)32-43(33-42)53-57-51(39-19-10-6-11-20-39)56-52(58-53)40-21-12-7-13-22-40/h5-33H,1-4H3. The zero-order valence-corrected chi connectivity index (χ0v) is 33.0. The van der Waals surface area contributed by atoms with E-state index in [9.17, 15) is 0 Å². The quantitative estimate of drug-likeness (QED) is 0.155. The fourth-order valence-electron chi connectivity index (χ4n) is 7.85. The van der Waals surface area contributed by atoms with E-state index >= 15 is 0 Å². The molecule has 9 rings (SSSR count). The molecule has 58 heavy (non-hydrogen) atoms. The van der Waals surface area contributed by atoms with Gasteiger partial charge in [0.25, 0.3) is 0 Å². The Bertz CT molecular complexity index is 2800. The van der Waals surface area contributed by atoms with E-state index < -0.39 is 0 Å². The van der Waals surface area contributed by atoms with Gasteiger partial charge < -0.3 is 0 Å². The average Bonchev–Trinajstić information content (AvgIpc) is 3.27. The van der Waals surface area contributed by atoms with Gasteiger partial charge in [-0.1, -0.05) is 146 Å². The molecular formula is C53H41N5. The lowest BCUT2D eigenvalue weighted by atomic mass is 9.84. The Hall–Kier alpha value is -7.37. The number of hydrogen-bond donors (Lipinski definition) is 0. The van der Waals surface area contributed by atoms with Crippen LogP contribution in [0.2, 0.25) is 0 Å². The molecule has 0 fully saturated rings. The van der Waals surface area contributed by atoms with Gasteiger partial charge in [0.05, 0.1) is 0 Å². The molecule has 0 N–H and O–H groups in total. The molecule has 0 saturated carbocycles. The minimum atomic E-state index is 0.591. The van der Waals surface area contributed by atoms with Gasteiger partial charge in [-0.2, -0.15) is 0 Å². The first-order valence-electron chi connectivity index (χ1n) is 19.6. The van der Waals surface area contributed by atoms with Crippen molar-refractivity contribution in [2.45, 2.75) is 27.7 Å². The van der Waals surface area contributed by atoms with Gasteiger partial charge in [0, 0.05) is 50.6 Å². The van der Waals surface area contributed by atoms with Gasteiger partial charge >= 0.3 is 0 Å². The van der Waals surface area contributed by atoms with E-state index in [1.54, 1.807) is 0 Å². The number of rotatable bonds is 8. The number of aromatic nitrogens is 5. The molecule has 0 saturated heterocycles. The van der Waals surface area contributed by atoms with E-state index in [0.29, 0.717) is 17.5 Å². The van der Waals surface area contributed by atoms with Gasteiger partial charge in [-0.3, -0.25) is 9.97 Å². The van der Waals surface area contributed by atoms with Crippen LogP contribution in [0.3, 0.4) is 0 Å². The minimum absolute atomic E-state index is 0.591. The first kappa shape index (κ1) is 36.3. The van der Waals surface area contributed by atoms with Gasteiger partial charge in [0.2, 0.25) is 0 Å². The molecule has 0 aliphatic heterocycles. The van der Waals surface area contributed by atoms with E-state index in [-0.39, 0.29) is 0 Å². The van der Waals surface area contributed by atoms with Crippen molar-refractivity contribution in [2.24, 2.45) is 0 Å². The Morgan fingerprint density at radius 1 is 0.259 bits per heavy atom. The second kappa shape index (κ2) is 15.6. The van der Waals surface area contributed by atoms with Gasteiger partial charge in [-0.25, -0.2) is 15.0 Å². The fourth-order valence-corrected chi connectivity index (χ4v) is 7.85. The minimum Gasteiger partial charge on any atom is -0.258 e. The fraction of sp³-hybridized carbons (Fsp3) is 0.0755. The maximum absolute atomic E-state index is 5.22. The summed E-state index contributed by atoms with van der Waals surface area (Å²) in [6, 6.07) is 61.4. The smallest absolute Gasteiger partial charge is 0.164 e. The molecule has 6 aromatic carbocycles. The number of pyridine rings is 2. The summed E-state index contributed by atoms with van der Waals surface area (Å²) >= 11 is 0. The monoisotopic (exact) mass is 747 g/mol. The van der Waals surface area contributed by atoms with E-state index in [0.717, 1.165) is 95.1 Å². The van der Waals surface area contributed by atoms with Crippen molar-refractivity contribution in [3.8, 4) is 89.8 Å². The molecule has 3 heterocycles. The lowest BCUT2D eigenvalue weighted by Crippen LogP contribution is -2.01. The summed E-state index contributed by atoms with van der Waals surface area (Å²) in [6.07, 6.45) is 0. The van der Waals surface area contributed by atoms with Crippen LogP contribution in [-0.4, -0.2) is 24.9 Å². The molecule has 0 amide bonds. The molecule has 0 atom stereocenters. The van der Waals surface area contributed by atoms with Crippen LogP contribution in [0, 0.1) is 27.7 Å². The van der Waals surface area contributed by atoms with Crippen molar-refractivity contribution in [3.63, 3.8) is 0 Å². The summed E-state index contributed by atoms with van der Waals surface area (Å²) < 4.78 is 0. The molecule has 0 unspecified atom stereocenters. The van der Waals surface area contributed by atoms with Crippen molar-refractivity contribution in [3.05, 3.63) is 199 Å². The number of nitrogens with zero attached hydrogens (tertiary/aromatic N) is 5. The van der Waals surface area contributed by atoms with Crippen LogP contribution < -0.4 is 0 Å². The van der Waals surface area contributed by atoms with Gasteiger partial charge in [-0.15, -0.1) is 0 Å². The average molecular weight is 748 g/mol. The molecule has 0 radical (unpaired) electrons. The van der Waals surface area contributed by atoms with Crippen molar-refractivity contribution in [2.75, 3.05) is 0 Å².